The molecule has 1 N–H and O–H groups in total. The lowest BCUT2D eigenvalue weighted by molar-refractivity contribution is -0.147. The molecule has 0 fully saturated rings. The van der Waals surface area contributed by atoms with Crippen LogP contribution in [0.1, 0.15) is 12.0 Å². The zero-order valence-corrected chi connectivity index (χ0v) is 10.2. The Bertz CT molecular complexity index is 362. The minimum Gasteiger partial charge on any atom is -0.492 e. The number of para-hydroxylation sites is 1. The van der Waals surface area contributed by atoms with Crippen molar-refractivity contribution in [2.45, 2.75) is 13.3 Å². The molecule has 1 atom stereocenters. The monoisotopic (exact) mass is 238 g/mol. The molecule has 0 bridgehead atoms. The Morgan fingerprint density at radius 1 is 1.41 bits per heavy atom. The quantitative estimate of drug-likeness (QED) is 0.764. The highest BCUT2D eigenvalue weighted by atomic mass is 16.5. The van der Waals surface area contributed by atoms with Crippen molar-refractivity contribution >= 4 is 5.97 Å². The zero-order valence-electron chi connectivity index (χ0n) is 10.2. The Hall–Kier alpha value is -1.55. The lowest BCUT2D eigenvalue weighted by Crippen LogP contribution is -2.24. The first-order valence-corrected chi connectivity index (χ1v) is 5.56. The molecule has 0 aromatic heterocycles. The van der Waals surface area contributed by atoms with Crippen LogP contribution in [0.5, 0.6) is 5.75 Å². The van der Waals surface area contributed by atoms with E-state index >= 15 is 0 Å². The molecule has 0 radical (unpaired) electrons. The molecule has 0 saturated heterocycles. The van der Waals surface area contributed by atoms with Gasteiger partial charge in [-0.3, -0.25) is 4.79 Å². The summed E-state index contributed by atoms with van der Waals surface area (Å²) in [7, 11) is 1.33. The van der Waals surface area contributed by atoms with E-state index in [0.717, 1.165) is 11.3 Å². The molecule has 4 heteroatoms. The number of esters is 1. The van der Waals surface area contributed by atoms with E-state index in [9.17, 15) is 4.79 Å². The number of aliphatic hydroxyl groups excluding tert-OH is 1. The highest BCUT2D eigenvalue weighted by Crippen LogP contribution is 2.18. The number of rotatable bonds is 6. The van der Waals surface area contributed by atoms with Crippen molar-refractivity contribution in [2.75, 3.05) is 20.3 Å². The number of aryl methyl sites for hydroxylation is 1. The van der Waals surface area contributed by atoms with Crippen LogP contribution in [0.2, 0.25) is 0 Å². The molecule has 94 valence electrons. The van der Waals surface area contributed by atoms with Gasteiger partial charge in [0.2, 0.25) is 0 Å². The molecular formula is C13H18O4. The van der Waals surface area contributed by atoms with Gasteiger partial charge < -0.3 is 14.6 Å². The molecule has 1 aromatic carbocycles. The van der Waals surface area contributed by atoms with Crippen molar-refractivity contribution in [3.8, 4) is 5.75 Å². The van der Waals surface area contributed by atoms with Gasteiger partial charge in [0.15, 0.2) is 0 Å². The molecular weight excluding hydrogens is 220 g/mol. The Morgan fingerprint density at radius 2 is 2.12 bits per heavy atom. The van der Waals surface area contributed by atoms with Crippen LogP contribution in [0.15, 0.2) is 24.3 Å². The lowest BCUT2D eigenvalue weighted by Gasteiger charge is -2.15. The summed E-state index contributed by atoms with van der Waals surface area (Å²) in [4.78, 5) is 11.4. The SMILES string of the molecule is COC(=O)C(CCO)COc1ccccc1C. The van der Waals surface area contributed by atoms with Gasteiger partial charge in [0.05, 0.1) is 13.0 Å². The van der Waals surface area contributed by atoms with Crippen molar-refractivity contribution in [3.63, 3.8) is 0 Å². The second-order valence-electron chi connectivity index (χ2n) is 3.81. The van der Waals surface area contributed by atoms with E-state index in [2.05, 4.69) is 4.74 Å². The summed E-state index contributed by atoms with van der Waals surface area (Å²) in [6, 6.07) is 7.59. The predicted octanol–water partition coefficient (Wildman–Crippen LogP) is 1.55. The fourth-order valence-electron chi connectivity index (χ4n) is 1.50. The largest absolute Gasteiger partial charge is 0.492 e. The van der Waals surface area contributed by atoms with Crippen molar-refractivity contribution in [2.24, 2.45) is 5.92 Å². The van der Waals surface area contributed by atoms with Gasteiger partial charge in [-0.25, -0.2) is 0 Å². The third kappa shape index (κ3) is 4.07. The van der Waals surface area contributed by atoms with Crippen LogP contribution in [-0.4, -0.2) is 31.4 Å². The Balaban J connectivity index is 2.57. The summed E-state index contributed by atoms with van der Waals surface area (Å²) in [5, 5.41) is 8.87. The van der Waals surface area contributed by atoms with Gasteiger partial charge in [-0.15, -0.1) is 0 Å². The predicted molar refractivity (Wildman–Crippen MR) is 63.9 cm³/mol. The highest BCUT2D eigenvalue weighted by Gasteiger charge is 2.19. The van der Waals surface area contributed by atoms with E-state index in [4.69, 9.17) is 9.84 Å². The second kappa shape index (κ2) is 6.91. The van der Waals surface area contributed by atoms with Crippen LogP contribution in [0.3, 0.4) is 0 Å². The highest BCUT2D eigenvalue weighted by molar-refractivity contribution is 5.72. The molecule has 0 saturated carbocycles. The molecule has 0 heterocycles. The van der Waals surface area contributed by atoms with Gasteiger partial charge >= 0.3 is 5.97 Å². The van der Waals surface area contributed by atoms with Gasteiger partial charge in [-0.05, 0) is 25.0 Å². The minimum absolute atomic E-state index is 0.0586. The summed E-state index contributed by atoms with van der Waals surface area (Å²) in [5.74, 6) is -0.0309. The summed E-state index contributed by atoms with van der Waals surface area (Å²) in [6.07, 6.45) is 0.346. The minimum atomic E-state index is -0.426. The van der Waals surface area contributed by atoms with Gasteiger partial charge in [0, 0.05) is 6.61 Å². The number of hydrogen-bond acceptors (Lipinski definition) is 4. The molecule has 1 unspecified atom stereocenters. The molecule has 1 rings (SSSR count). The maximum Gasteiger partial charge on any atom is 0.312 e. The van der Waals surface area contributed by atoms with Gasteiger partial charge in [-0.2, -0.15) is 0 Å². The molecule has 4 nitrogen and oxygen atoms in total. The van der Waals surface area contributed by atoms with Crippen molar-refractivity contribution in [1.29, 1.82) is 0 Å². The standard InChI is InChI=1S/C13H18O4/c1-10-5-3-4-6-12(10)17-9-11(7-8-14)13(15)16-2/h3-6,11,14H,7-9H2,1-2H3. The topological polar surface area (TPSA) is 55.8 Å². The normalized spacial score (nSPS) is 11.9. The Morgan fingerprint density at radius 3 is 2.71 bits per heavy atom. The van der Waals surface area contributed by atoms with Crippen LogP contribution in [0, 0.1) is 12.8 Å². The van der Waals surface area contributed by atoms with Crippen LogP contribution >= 0.6 is 0 Å². The fourth-order valence-corrected chi connectivity index (χ4v) is 1.50. The number of carbonyl (C=O) groups is 1. The maximum absolute atomic E-state index is 11.4. The average Bonchev–Trinajstić information content (AvgIpc) is 2.35. The summed E-state index contributed by atoms with van der Waals surface area (Å²) >= 11 is 0. The Labute approximate surface area is 101 Å². The van der Waals surface area contributed by atoms with Crippen molar-refractivity contribution in [1.82, 2.24) is 0 Å². The van der Waals surface area contributed by atoms with Crippen LogP contribution in [0.25, 0.3) is 0 Å². The van der Waals surface area contributed by atoms with Crippen molar-refractivity contribution < 1.29 is 19.4 Å². The third-order valence-corrected chi connectivity index (χ3v) is 2.55. The third-order valence-electron chi connectivity index (χ3n) is 2.55. The van der Waals surface area contributed by atoms with Gasteiger partial charge in [-0.1, -0.05) is 18.2 Å². The molecule has 0 aliphatic heterocycles. The maximum atomic E-state index is 11.4. The fraction of sp³-hybridized carbons (Fsp3) is 0.462. The molecule has 0 amide bonds. The number of ether oxygens (including phenoxy) is 2. The van der Waals surface area contributed by atoms with Crippen LogP contribution in [-0.2, 0) is 9.53 Å². The first-order chi connectivity index (χ1) is 8.19. The molecule has 0 spiro atoms. The average molecular weight is 238 g/mol. The Kier molecular flexibility index (Phi) is 5.49. The van der Waals surface area contributed by atoms with E-state index in [1.54, 1.807) is 0 Å². The number of benzene rings is 1. The second-order valence-corrected chi connectivity index (χ2v) is 3.81. The van der Waals surface area contributed by atoms with Crippen LogP contribution in [0.4, 0.5) is 0 Å². The first-order valence-electron chi connectivity index (χ1n) is 5.56. The van der Waals surface area contributed by atoms with Gasteiger partial charge in [0.1, 0.15) is 12.4 Å². The number of aliphatic hydroxyl groups is 1. The lowest BCUT2D eigenvalue weighted by atomic mass is 10.1. The molecule has 0 aliphatic carbocycles. The van der Waals surface area contributed by atoms with Crippen molar-refractivity contribution in [3.05, 3.63) is 29.8 Å². The number of carbonyl (C=O) groups excluding carboxylic acids is 1. The van der Waals surface area contributed by atoms with E-state index in [1.165, 1.54) is 7.11 Å². The number of hydrogen-bond donors (Lipinski definition) is 1. The number of methoxy groups -OCH3 is 1. The van der Waals surface area contributed by atoms with E-state index in [0.29, 0.717) is 6.42 Å². The smallest absolute Gasteiger partial charge is 0.312 e. The van der Waals surface area contributed by atoms with E-state index < -0.39 is 5.92 Å². The zero-order chi connectivity index (χ0) is 12.7. The molecule has 1 aromatic rings. The summed E-state index contributed by atoms with van der Waals surface area (Å²) in [6.45, 7) is 2.10. The summed E-state index contributed by atoms with van der Waals surface area (Å²) < 4.78 is 10.2. The summed E-state index contributed by atoms with van der Waals surface area (Å²) in [5.41, 5.74) is 1.01. The molecule has 17 heavy (non-hydrogen) atoms. The molecule has 0 aliphatic rings. The van der Waals surface area contributed by atoms with E-state index in [1.807, 2.05) is 31.2 Å². The van der Waals surface area contributed by atoms with Crippen LogP contribution < -0.4 is 4.74 Å². The van der Waals surface area contributed by atoms with E-state index in [-0.39, 0.29) is 19.2 Å². The first kappa shape index (κ1) is 13.5. The van der Waals surface area contributed by atoms with Gasteiger partial charge in [0.25, 0.3) is 0 Å².